The number of nitrogens with two attached hydrogens (primary N) is 2. The Kier molecular flexibility index (Phi) is 5.81. The van der Waals surface area contributed by atoms with E-state index in [1.54, 1.807) is 10.9 Å². The van der Waals surface area contributed by atoms with E-state index in [1.807, 2.05) is 66.9 Å². The number of aliphatic hydroxyl groups excluding tert-OH is 1. The lowest BCUT2D eigenvalue weighted by Crippen LogP contribution is -2.21. The van der Waals surface area contributed by atoms with E-state index in [0.29, 0.717) is 23.1 Å². The first-order chi connectivity index (χ1) is 14.6. The molecule has 4 rings (SSSR count). The van der Waals surface area contributed by atoms with Crippen molar-refractivity contribution in [1.29, 1.82) is 0 Å². The number of hydrogen-bond donors (Lipinski definition) is 3. The molecule has 0 bridgehead atoms. The summed E-state index contributed by atoms with van der Waals surface area (Å²) in [5.74, 6) is 0.393. The highest BCUT2D eigenvalue weighted by Gasteiger charge is 2.21. The molecule has 152 valence electrons. The number of aliphatic hydroxyl groups is 1. The van der Waals surface area contributed by atoms with Crippen molar-refractivity contribution < 1.29 is 5.11 Å². The molecule has 5 N–H and O–H groups in total. The minimum atomic E-state index is -0.212. The van der Waals surface area contributed by atoms with E-state index in [2.05, 4.69) is 10.1 Å². The van der Waals surface area contributed by atoms with Crippen molar-refractivity contribution in [1.82, 2.24) is 14.8 Å². The minimum Gasteiger partial charge on any atom is -0.390 e. The summed E-state index contributed by atoms with van der Waals surface area (Å²) < 4.78 is 1.80. The van der Waals surface area contributed by atoms with E-state index in [-0.39, 0.29) is 12.6 Å². The Balaban J connectivity index is 1.86. The van der Waals surface area contributed by atoms with E-state index in [9.17, 15) is 5.11 Å². The average Bonchev–Trinajstić information content (AvgIpc) is 3.19. The molecule has 7 heteroatoms. The second-order valence-corrected chi connectivity index (χ2v) is 7.35. The molecule has 30 heavy (non-hydrogen) atoms. The van der Waals surface area contributed by atoms with Crippen molar-refractivity contribution in [3.8, 4) is 22.3 Å². The molecule has 0 saturated heterocycles. The van der Waals surface area contributed by atoms with Gasteiger partial charge in [-0.05, 0) is 34.9 Å². The van der Waals surface area contributed by atoms with Crippen LogP contribution in [-0.4, -0.2) is 26.4 Å². The Labute approximate surface area is 179 Å². The van der Waals surface area contributed by atoms with Crippen molar-refractivity contribution in [2.24, 2.45) is 5.73 Å². The summed E-state index contributed by atoms with van der Waals surface area (Å²) in [4.78, 5) is 4.26. The van der Waals surface area contributed by atoms with Gasteiger partial charge < -0.3 is 16.6 Å². The summed E-state index contributed by atoms with van der Waals surface area (Å²) in [6.45, 7) is 0.162. The molecular formula is C23H22ClN5O. The van der Waals surface area contributed by atoms with Gasteiger partial charge in [-0.15, -0.1) is 0 Å². The molecule has 0 fully saturated rings. The van der Waals surface area contributed by atoms with E-state index >= 15 is 0 Å². The largest absolute Gasteiger partial charge is 0.390 e. The summed E-state index contributed by atoms with van der Waals surface area (Å²) in [5, 5.41) is 15.3. The van der Waals surface area contributed by atoms with Gasteiger partial charge in [0.1, 0.15) is 5.82 Å². The van der Waals surface area contributed by atoms with Gasteiger partial charge in [0.15, 0.2) is 0 Å². The number of aromatic nitrogens is 3. The highest BCUT2D eigenvalue weighted by molar-refractivity contribution is 6.30. The fourth-order valence-corrected chi connectivity index (χ4v) is 3.75. The third kappa shape index (κ3) is 3.80. The monoisotopic (exact) mass is 419 g/mol. The molecule has 0 radical (unpaired) electrons. The van der Waals surface area contributed by atoms with Crippen LogP contribution in [0.4, 0.5) is 5.82 Å². The number of nitrogens with zero attached hydrogens (tertiary/aromatic N) is 3. The smallest absolute Gasteiger partial charge is 0.131 e. The number of rotatable bonds is 6. The molecule has 0 aliphatic carbocycles. The number of pyridine rings is 1. The lowest BCUT2D eigenvalue weighted by Gasteiger charge is -2.16. The molecule has 1 atom stereocenters. The van der Waals surface area contributed by atoms with Crippen molar-refractivity contribution in [3.05, 3.63) is 89.3 Å². The number of nitrogen functional groups attached to an aromatic ring is 1. The molecule has 4 aromatic rings. The molecule has 0 aliphatic heterocycles. The maximum absolute atomic E-state index is 10.0. The SMILES string of the molecule is NCC(c1ccccc1)n1cc(-c2ccnc(N)c2-c2ccc(Cl)cc2)c(CO)n1. The number of anilines is 1. The first kappa shape index (κ1) is 20.1. The maximum atomic E-state index is 10.0. The minimum absolute atomic E-state index is 0.150. The predicted octanol–water partition coefficient (Wildman–Crippen LogP) is 3.89. The van der Waals surface area contributed by atoms with Gasteiger partial charge >= 0.3 is 0 Å². The predicted molar refractivity (Wildman–Crippen MR) is 120 cm³/mol. The topological polar surface area (TPSA) is 103 Å². The van der Waals surface area contributed by atoms with Gasteiger partial charge in [0.25, 0.3) is 0 Å². The van der Waals surface area contributed by atoms with Gasteiger partial charge in [-0.3, -0.25) is 4.68 Å². The number of hydrogen-bond acceptors (Lipinski definition) is 5. The highest BCUT2D eigenvalue weighted by atomic mass is 35.5. The van der Waals surface area contributed by atoms with Crippen molar-refractivity contribution in [3.63, 3.8) is 0 Å². The third-order valence-corrected chi connectivity index (χ3v) is 5.34. The molecule has 0 saturated carbocycles. The summed E-state index contributed by atoms with van der Waals surface area (Å²) >= 11 is 6.05. The van der Waals surface area contributed by atoms with Crippen LogP contribution >= 0.6 is 11.6 Å². The zero-order valence-corrected chi connectivity index (χ0v) is 17.0. The van der Waals surface area contributed by atoms with Gasteiger partial charge in [0.05, 0.1) is 18.3 Å². The number of benzene rings is 2. The van der Waals surface area contributed by atoms with Crippen molar-refractivity contribution in [2.75, 3.05) is 12.3 Å². The molecule has 1 unspecified atom stereocenters. The van der Waals surface area contributed by atoms with Crippen LogP contribution in [0.15, 0.2) is 73.1 Å². The normalized spacial score (nSPS) is 12.1. The van der Waals surface area contributed by atoms with Crippen LogP contribution in [0.2, 0.25) is 5.02 Å². The first-order valence-corrected chi connectivity index (χ1v) is 9.95. The van der Waals surface area contributed by atoms with Gasteiger partial charge in [-0.1, -0.05) is 54.1 Å². The lowest BCUT2D eigenvalue weighted by molar-refractivity contribution is 0.275. The van der Waals surface area contributed by atoms with Crippen molar-refractivity contribution in [2.45, 2.75) is 12.6 Å². The van der Waals surface area contributed by atoms with Gasteiger partial charge in [-0.25, -0.2) is 4.98 Å². The van der Waals surface area contributed by atoms with Gasteiger partial charge in [0.2, 0.25) is 0 Å². The lowest BCUT2D eigenvalue weighted by atomic mass is 9.96. The van der Waals surface area contributed by atoms with Crippen LogP contribution in [-0.2, 0) is 6.61 Å². The molecule has 0 spiro atoms. The Morgan fingerprint density at radius 3 is 2.40 bits per heavy atom. The summed E-state index contributed by atoms with van der Waals surface area (Å²) in [6, 6.07) is 19.1. The molecule has 2 heterocycles. The molecule has 2 aromatic carbocycles. The summed E-state index contributed by atoms with van der Waals surface area (Å²) in [7, 11) is 0. The Morgan fingerprint density at radius 1 is 1.00 bits per heavy atom. The van der Waals surface area contributed by atoms with Crippen LogP contribution in [0.5, 0.6) is 0 Å². The standard InChI is InChI=1S/C23H22ClN5O/c24-17-8-6-16(7-9-17)22-18(10-11-27-23(22)26)19-13-29(28-20(19)14-30)21(12-25)15-4-2-1-3-5-15/h1-11,13,21,30H,12,14,25H2,(H2,26,27). The molecule has 6 nitrogen and oxygen atoms in total. The maximum Gasteiger partial charge on any atom is 0.131 e. The quantitative estimate of drug-likeness (QED) is 0.440. The summed E-state index contributed by atoms with van der Waals surface area (Å²) in [5.41, 5.74) is 17.2. The van der Waals surface area contributed by atoms with Crippen LogP contribution in [0, 0.1) is 0 Å². The van der Waals surface area contributed by atoms with Gasteiger partial charge in [-0.2, -0.15) is 5.10 Å². The second-order valence-electron chi connectivity index (χ2n) is 6.92. The Morgan fingerprint density at radius 2 is 1.73 bits per heavy atom. The molecule has 0 amide bonds. The zero-order valence-electron chi connectivity index (χ0n) is 16.2. The average molecular weight is 420 g/mol. The fourth-order valence-electron chi connectivity index (χ4n) is 3.62. The molecule has 0 aliphatic rings. The van der Waals surface area contributed by atoms with E-state index in [0.717, 1.165) is 27.8 Å². The fraction of sp³-hybridized carbons (Fsp3) is 0.130. The van der Waals surface area contributed by atoms with Crippen LogP contribution in [0.3, 0.4) is 0 Å². The molecule has 2 aromatic heterocycles. The van der Waals surface area contributed by atoms with E-state index < -0.39 is 0 Å². The first-order valence-electron chi connectivity index (χ1n) is 9.57. The zero-order chi connectivity index (χ0) is 21.1. The summed E-state index contributed by atoms with van der Waals surface area (Å²) in [6.07, 6.45) is 3.56. The van der Waals surface area contributed by atoms with Crippen LogP contribution in [0.25, 0.3) is 22.3 Å². The second kappa shape index (κ2) is 8.67. The van der Waals surface area contributed by atoms with E-state index in [1.165, 1.54) is 0 Å². The molecular weight excluding hydrogens is 398 g/mol. The highest BCUT2D eigenvalue weighted by Crippen LogP contribution is 2.37. The Hall–Kier alpha value is -3.19. The van der Waals surface area contributed by atoms with Crippen molar-refractivity contribution >= 4 is 17.4 Å². The van der Waals surface area contributed by atoms with E-state index in [4.69, 9.17) is 23.1 Å². The number of halogens is 1. The van der Waals surface area contributed by atoms with Crippen LogP contribution < -0.4 is 11.5 Å². The Bertz CT molecular complexity index is 1140. The third-order valence-electron chi connectivity index (χ3n) is 5.09. The van der Waals surface area contributed by atoms with Crippen LogP contribution in [0.1, 0.15) is 17.3 Å². The van der Waals surface area contributed by atoms with Gasteiger partial charge in [0, 0.05) is 35.1 Å².